The van der Waals surface area contributed by atoms with Crippen LogP contribution in [0.4, 0.5) is 13.2 Å². The van der Waals surface area contributed by atoms with E-state index in [1.807, 2.05) is 6.07 Å². The minimum absolute atomic E-state index is 0.313. The van der Waals surface area contributed by atoms with Gasteiger partial charge in [0, 0.05) is 0 Å². The number of hydrogen-bond donors (Lipinski definition) is 1. The van der Waals surface area contributed by atoms with Crippen molar-refractivity contribution < 1.29 is 21.6 Å². The third kappa shape index (κ3) is 3.95. The fourth-order valence-electron chi connectivity index (χ4n) is 1.43. The highest BCUT2D eigenvalue weighted by atomic mass is 32.2. The van der Waals surface area contributed by atoms with Gasteiger partial charge in [-0.1, -0.05) is 13.8 Å². The molecule has 0 saturated carbocycles. The first-order chi connectivity index (χ1) is 9.42. The van der Waals surface area contributed by atoms with Crippen molar-refractivity contribution in [3.05, 3.63) is 29.8 Å². The molecule has 0 bridgehead atoms. The predicted octanol–water partition coefficient (Wildman–Crippen LogP) is 2.92. The van der Waals surface area contributed by atoms with Crippen LogP contribution in [0.25, 0.3) is 0 Å². The number of hydrogen-bond acceptors (Lipinski definition) is 3. The molecule has 0 spiro atoms. The lowest BCUT2D eigenvalue weighted by atomic mass is 9.92. The van der Waals surface area contributed by atoms with Gasteiger partial charge in [0.25, 0.3) is 0 Å². The van der Waals surface area contributed by atoms with E-state index in [4.69, 9.17) is 5.26 Å². The van der Waals surface area contributed by atoms with Gasteiger partial charge in [-0.25, -0.2) is 8.42 Å². The average Bonchev–Trinajstić information content (AvgIpc) is 2.37. The maximum atomic E-state index is 12.4. The number of halogens is 3. The van der Waals surface area contributed by atoms with Crippen molar-refractivity contribution in [2.24, 2.45) is 5.92 Å². The molecule has 1 aromatic carbocycles. The van der Waals surface area contributed by atoms with Crippen LogP contribution < -0.4 is 4.72 Å². The molecule has 0 fully saturated rings. The number of benzene rings is 1. The van der Waals surface area contributed by atoms with Gasteiger partial charge in [0.05, 0.1) is 16.5 Å². The van der Waals surface area contributed by atoms with Crippen LogP contribution in [0.3, 0.4) is 0 Å². The lowest BCUT2D eigenvalue weighted by Gasteiger charge is -2.26. The number of nitrogens with one attached hydrogen (secondary N) is 1. The van der Waals surface area contributed by atoms with Crippen LogP contribution in [0, 0.1) is 17.2 Å². The predicted molar refractivity (Wildman–Crippen MR) is 70.6 cm³/mol. The summed E-state index contributed by atoms with van der Waals surface area (Å²) in [5.41, 5.74) is -2.28. The molecule has 1 atom stereocenters. The molecule has 0 unspecified atom stereocenters. The highest BCUT2D eigenvalue weighted by molar-refractivity contribution is 7.89. The Bertz CT molecular complexity index is 645. The van der Waals surface area contributed by atoms with Gasteiger partial charge in [0.2, 0.25) is 10.0 Å². The van der Waals surface area contributed by atoms with Crippen LogP contribution in [0.1, 0.15) is 26.3 Å². The summed E-state index contributed by atoms with van der Waals surface area (Å²) in [4.78, 5) is -0.322. The van der Waals surface area contributed by atoms with Gasteiger partial charge >= 0.3 is 6.18 Å². The van der Waals surface area contributed by atoms with Crippen molar-refractivity contribution in [1.82, 2.24) is 4.72 Å². The highest BCUT2D eigenvalue weighted by Crippen LogP contribution is 2.30. The maximum Gasteiger partial charge on any atom is 0.416 e. The molecular weight excluding hydrogens is 305 g/mol. The third-order valence-corrected chi connectivity index (χ3v) is 4.81. The minimum atomic E-state index is -4.53. The number of sulfonamides is 1. The fourth-order valence-corrected chi connectivity index (χ4v) is 2.88. The van der Waals surface area contributed by atoms with E-state index >= 15 is 0 Å². The number of nitrogens with zero attached hydrogens (tertiary/aromatic N) is 1. The van der Waals surface area contributed by atoms with Crippen molar-refractivity contribution in [1.29, 1.82) is 5.26 Å². The second-order valence-corrected chi connectivity index (χ2v) is 6.78. The van der Waals surface area contributed by atoms with Gasteiger partial charge < -0.3 is 0 Å². The van der Waals surface area contributed by atoms with E-state index in [9.17, 15) is 21.6 Å². The van der Waals surface area contributed by atoms with Gasteiger partial charge in [-0.15, -0.1) is 0 Å². The number of alkyl halides is 3. The molecule has 8 heteroatoms. The molecule has 0 aromatic heterocycles. The minimum Gasteiger partial charge on any atom is -0.207 e. The first kappa shape index (κ1) is 17.5. The molecule has 0 amide bonds. The third-order valence-electron chi connectivity index (χ3n) is 3.23. The molecule has 0 aliphatic rings. The summed E-state index contributed by atoms with van der Waals surface area (Å²) in [6.07, 6.45) is -4.53. The quantitative estimate of drug-likeness (QED) is 0.927. The molecule has 0 aliphatic heterocycles. The van der Waals surface area contributed by atoms with Crippen molar-refractivity contribution >= 4 is 10.0 Å². The maximum absolute atomic E-state index is 12.4. The van der Waals surface area contributed by atoms with Gasteiger partial charge in [-0.2, -0.15) is 23.2 Å². The molecule has 0 saturated heterocycles. The summed E-state index contributed by atoms with van der Waals surface area (Å²) in [6, 6.07) is 4.97. The second kappa shape index (κ2) is 5.66. The molecule has 0 heterocycles. The summed E-state index contributed by atoms with van der Waals surface area (Å²) in [7, 11) is -4.08. The number of nitriles is 1. The molecule has 4 nitrogen and oxygen atoms in total. The SMILES string of the molecule is CC(C)[C@@](C)(C#N)NS(=O)(=O)c1ccc(C(F)(F)F)cc1. The summed E-state index contributed by atoms with van der Waals surface area (Å²) in [6.45, 7) is 4.75. The first-order valence-corrected chi connectivity index (χ1v) is 7.53. The molecule has 1 N–H and O–H groups in total. The van der Waals surface area contributed by atoms with E-state index in [2.05, 4.69) is 4.72 Å². The van der Waals surface area contributed by atoms with E-state index in [1.165, 1.54) is 6.92 Å². The summed E-state index contributed by atoms with van der Waals surface area (Å²) in [5, 5.41) is 9.09. The van der Waals surface area contributed by atoms with Crippen LogP contribution in [-0.2, 0) is 16.2 Å². The topological polar surface area (TPSA) is 70.0 Å². The van der Waals surface area contributed by atoms with Crippen molar-refractivity contribution in [3.63, 3.8) is 0 Å². The Balaban J connectivity index is 3.13. The van der Waals surface area contributed by atoms with E-state index < -0.39 is 27.3 Å². The molecule has 116 valence electrons. The van der Waals surface area contributed by atoms with Gasteiger partial charge in [-0.3, -0.25) is 0 Å². The number of rotatable bonds is 4. The van der Waals surface area contributed by atoms with E-state index in [0.717, 1.165) is 12.1 Å². The zero-order valence-corrected chi connectivity index (χ0v) is 12.5. The molecular formula is C13H15F3N2O2S. The Hall–Kier alpha value is -1.59. The summed E-state index contributed by atoms with van der Waals surface area (Å²) < 4.78 is 63.8. The zero-order valence-electron chi connectivity index (χ0n) is 11.7. The van der Waals surface area contributed by atoms with E-state index in [1.54, 1.807) is 13.8 Å². The lowest BCUT2D eigenvalue weighted by molar-refractivity contribution is -0.137. The van der Waals surface area contributed by atoms with Crippen molar-refractivity contribution in [3.8, 4) is 6.07 Å². The highest BCUT2D eigenvalue weighted by Gasteiger charge is 2.35. The normalized spacial score (nSPS) is 15.5. The van der Waals surface area contributed by atoms with Crippen LogP contribution >= 0.6 is 0 Å². The largest absolute Gasteiger partial charge is 0.416 e. The van der Waals surface area contributed by atoms with E-state index in [-0.39, 0.29) is 10.8 Å². The molecule has 0 radical (unpaired) electrons. The van der Waals surface area contributed by atoms with Crippen LogP contribution in [0.5, 0.6) is 0 Å². The second-order valence-electron chi connectivity index (χ2n) is 5.10. The summed E-state index contributed by atoms with van der Waals surface area (Å²) in [5.74, 6) is -0.313. The molecule has 1 rings (SSSR count). The lowest BCUT2D eigenvalue weighted by Crippen LogP contribution is -2.48. The molecule has 0 aliphatic carbocycles. The summed E-state index contributed by atoms with van der Waals surface area (Å²) >= 11 is 0. The van der Waals surface area contributed by atoms with E-state index in [0.29, 0.717) is 12.1 Å². The van der Waals surface area contributed by atoms with Crippen LogP contribution in [0.15, 0.2) is 29.2 Å². The Morgan fingerprint density at radius 3 is 2.00 bits per heavy atom. The Labute approximate surface area is 121 Å². The van der Waals surface area contributed by atoms with Gasteiger partial charge in [-0.05, 0) is 37.1 Å². The Morgan fingerprint density at radius 2 is 1.67 bits per heavy atom. The zero-order chi connectivity index (χ0) is 16.5. The molecule has 21 heavy (non-hydrogen) atoms. The average molecular weight is 320 g/mol. The monoisotopic (exact) mass is 320 g/mol. The van der Waals surface area contributed by atoms with Gasteiger partial charge in [0.1, 0.15) is 5.54 Å². The smallest absolute Gasteiger partial charge is 0.207 e. The van der Waals surface area contributed by atoms with Crippen molar-refractivity contribution in [2.75, 3.05) is 0 Å². The van der Waals surface area contributed by atoms with Crippen LogP contribution in [-0.4, -0.2) is 14.0 Å². The van der Waals surface area contributed by atoms with Crippen molar-refractivity contribution in [2.45, 2.75) is 37.4 Å². The standard InChI is InChI=1S/C13H15F3N2O2S/c1-9(2)12(3,8-17)18-21(19,20)11-6-4-10(5-7-11)13(14,15)16/h4-7,9,18H,1-3H3/t12-/m1/s1. The Kier molecular flexibility index (Phi) is 4.70. The first-order valence-electron chi connectivity index (χ1n) is 6.05. The molecule has 1 aromatic rings. The Morgan fingerprint density at radius 1 is 1.19 bits per heavy atom. The fraction of sp³-hybridized carbons (Fsp3) is 0.462. The van der Waals surface area contributed by atoms with Crippen LogP contribution in [0.2, 0.25) is 0 Å². The van der Waals surface area contributed by atoms with Gasteiger partial charge in [0.15, 0.2) is 0 Å².